The van der Waals surface area contributed by atoms with Crippen molar-refractivity contribution in [2.24, 2.45) is 5.92 Å². The van der Waals surface area contributed by atoms with E-state index in [9.17, 15) is 0 Å². The van der Waals surface area contributed by atoms with Gasteiger partial charge in [-0.25, -0.2) is 0 Å². The Bertz CT molecular complexity index is 283. The first-order valence-electron chi connectivity index (χ1n) is 4.92. The van der Waals surface area contributed by atoms with Gasteiger partial charge in [-0.3, -0.25) is 0 Å². The number of hydrogen-bond acceptors (Lipinski definition) is 5. The van der Waals surface area contributed by atoms with Crippen molar-refractivity contribution in [2.45, 2.75) is 19.4 Å². The molecule has 78 valence electrons. The molecule has 1 aliphatic heterocycles. The van der Waals surface area contributed by atoms with Gasteiger partial charge in [-0.05, 0) is 30.9 Å². The molecule has 0 bridgehead atoms. The minimum absolute atomic E-state index is 0.659. The summed E-state index contributed by atoms with van der Waals surface area (Å²) in [4.78, 5) is 4.31. The number of nitrogens with one attached hydrogen (secondary N) is 1. The summed E-state index contributed by atoms with van der Waals surface area (Å²) in [6.07, 6.45) is 2.26. The van der Waals surface area contributed by atoms with Crippen LogP contribution < -0.4 is 5.32 Å². The van der Waals surface area contributed by atoms with E-state index in [0.29, 0.717) is 12.4 Å². The van der Waals surface area contributed by atoms with Crippen LogP contribution in [-0.4, -0.2) is 28.7 Å². The van der Waals surface area contributed by atoms with E-state index in [1.165, 1.54) is 17.9 Å². The molecule has 1 saturated heterocycles. The van der Waals surface area contributed by atoms with Crippen molar-refractivity contribution in [1.82, 2.24) is 15.5 Å². The van der Waals surface area contributed by atoms with E-state index >= 15 is 0 Å². The summed E-state index contributed by atoms with van der Waals surface area (Å²) in [7, 11) is 1.87. The van der Waals surface area contributed by atoms with E-state index in [0.717, 1.165) is 18.2 Å². The van der Waals surface area contributed by atoms with Crippen molar-refractivity contribution in [2.75, 3.05) is 18.6 Å². The average molecular weight is 213 g/mol. The van der Waals surface area contributed by atoms with Crippen molar-refractivity contribution < 1.29 is 4.52 Å². The van der Waals surface area contributed by atoms with Gasteiger partial charge in [0.1, 0.15) is 0 Å². The molecule has 1 aromatic heterocycles. The van der Waals surface area contributed by atoms with Gasteiger partial charge < -0.3 is 9.84 Å². The zero-order valence-electron chi connectivity index (χ0n) is 8.32. The number of aromatic nitrogens is 2. The first-order chi connectivity index (χ1) is 6.88. The fourth-order valence-electron chi connectivity index (χ4n) is 1.60. The average Bonchev–Trinajstić information content (AvgIpc) is 2.79. The summed E-state index contributed by atoms with van der Waals surface area (Å²) in [6, 6.07) is 0. The highest BCUT2D eigenvalue weighted by atomic mass is 32.2. The van der Waals surface area contributed by atoms with Crippen LogP contribution in [0.15, 0.2) is 4.52 Å². The summed E-state index contributed by atoms with van der Waals surface area (Å²) in [5.74, 6) is 4.83. The van der Waals surface area contributed by atoms with E-state index < -0.39 is 0 Å². The maximum atomic E-state index is 5.08. The highest BCUT2D eigenvalue weighted by molar-refractivity contribution is 7.99. The lowest BCUT2D eigenvalue weighted by Gasteiger charge is -2.01. The molecular formula is C9H15N3OS. The monoisotopic (exact) mass is 213 g/mol. The Hall–Kier alpha value is -0.550. The summed E-state index contributed by atoms with van der Waals surface area (Å²) >= 11 is 2.02. The van der Waals surface area contributed by atoms with Crippen LogP contribution in [0.2, 0.25) is 0 Å². The second-order valence-corrected chi connectivity index (χ2v) is 4.72. The SMILES string of the molecule is CNCc1nc(CC2CCSC2)no1. The van der Waals surface area contributed by atoms with Crippen LogP contribution in [0.25, 0.3) is 0 Å². The molecule has 5 heteroatoms. The quantitative estimate of drug-likeness (QED) is 0.811. The Balaban J connectivity index is 1.88. The molecule has 0 aliphatic carbocycles. The molecule has 0 radical (unpaired) electrons. The summed E-state index contributed by atoms with van der Waals surface area (Å²) in [5, 5.41) is 6.95. The first-order valence-corrected chi connectivity index (χ1v) is 6.07. The third kappa shape index (κ3) is 2.48. The van der Waals surface area contributed by atoms with Crippen molar-refractivity contribution in [3.8, 4) is 0 Å². The lowest BCUT2D eigenvalue weighted by molar-refractivity contribution is 0.364. The summed E-state index contributed by atoms with van der Waals surface area (Å²) in [5.41, 5.74) is 0. The molecule has 0 amide bonds. The largest absolute Gasteiger partial charge is 0.338 e. The Kier molecular flexibility index (Phi) is 3.42. The van der Waals surface area contributed by atoms with Crippen LogP contribution in [0.3, 0.4) is 0 Å². The first kappa shape index (κ1) is 9.98. The van der Waals surface area contributed by atoms with E-state index in [2.05, 4.69) is 15.5 Å². The van der Waals surface area contributed by atoms with Crippen LogP contribution in [0, 0.1) is 5.92 Å². The predicted molar refractivity (Wildman–Crippen MR) is 56.2 cm³/mol. The number of rotatable bonds is 4. The maximum Gasteiger partial charge on any atom is 0.240 e. The van der Waals surface area contributed by atoms with Gasteiger partial charge in [-0.2, -0.15) is 16.7 Å². The molecule has 0 saturated carbocycles. The van der Waals surface area contributed by atoms with Crippen molar-refractivity contribution in [1.29, 1.82) is 0 Å². The van der Waals surface area contributed by atoms with Crippen LogP contribution in [0.1, 0.15) is 18.1 Å². The molecule has 4 nitrogen and oxygen atoms in total. The fourth-order valence-corrected chi connectivity index (χ4v) is 2.88. The Morgan fingerprint density at radius 1 is 1.64 bits per heavy atom. The Morgan fingerprint density at radius 3 is 3.29 bits per heavy atom. The lowest BCUT2D eigenvalue weighted by atomic mass is 10.1. The van der Waals surface area contributed by atoms with Crippen molar-refractivity contribution in [3.63, 3.8) is 0 Å². The van der Waals surface area contributed by atoms with Gasteiger partial charge in [0, 0.05) is 6.42 Å². The molecule has 1 atom stereocenters. The number of thioether (sulfide) groups is 1. The molecule has 0 spiro atoms. The zero-order valence-corrected chi connectivity index (χ0v) is 9.14. The van der Waals surface area contributed by atoms with Gasteiger partial charge in [0.2, 0.25) is 5.89 Å². The highest BCUT2D eigenvalue weighted by Gasteiger charge is 2.18. The number of nitrogens with zero attached hydrogens (tertiary/aromatic N) is 2. The molecule has 2 rings (SSSR count). The van der Waals surface area contributed by atoms with Gasteiger partial charge in [0.05, 0.1) is 6.54 Å². The van der Waals surface area contributed by atoms with Crippen molar-refractivity contribution in [3.05, 3.63) is 11.7 Å². The minimum atomic E-state index is 0.659. The second kappa shape index (κ2) is 4.79. The Morgan fingerprint density at radius 2 is 2.57 bits per heavy atom. The van der Waals surface area contributed by atoms with Crippen LogP contribution in [-0.2, 0) is 13.0 Å². The van der Waals surface area contributed by atoms with E-state index in [1.54, 1.807) is 0 Å². The summed E-state index contributed by atoms with van der Waals surface area (Å²) in [6.45, 7) is 0.659. The fraction of sp³-hybridized carbons (Fsp3) is 0.778. The van der Waals surface area contributed by atoms with E-state index in [-0.39, 0.29) is 0 Å². The molecule has 1 unspecified atom stereocenters. The van der Waals surface area contributed by atoms with Crippen LogP contribution in [0.4, 0.5) is 0 Å². The normalized spacial score (nSPS) is 21.6. The smallest absolute Gasteiger partial charge is 0.240 e. The standard InChI is InChI=1S/C9H15N3OS/c1-10-5-9-11-8(12-13-9)4-7-2-3-14-6-7/h7,10H,2-6H2,1H3. The molecule has 1 N–H and O–H groups in total. The predicted octanol–water partition coefficient (Wildman–Crippen LogP) is 1.08. The Labute approximate surface area is 87.8 Å². The van der Waals surface area contributed by atoms with Gasteiger partial charge >= 0.3 is 0 Å². The zero-order chi connectivity index (χ0) is 9.80. The maximum absolute atomic E-state index is 5.08. The van der Waals surface area contributed by atoms with E-state index in [4.69, 9.17) is 4.52 Å². The van der Waals surface area contributed by atoms with Gasteiger partial charge in [0.15, 0.2) is 5.82 Å². The lowest BCUT2D eigenvalue weighted by Crippen LogP contribution is -2.06. The van der Waals surface area contributed by atoms with Crippen LogP contribution in [0.5, 0.6) is 0 Å². The van der Waals surface area contributed by atoms with Gasteiger partial charge in [0.25, 0.3) is 0 Å². The third-order valence-electron chi connectivity index (χ3n) is 2.33. The molecule has 2 heterocycles. The highest BCUT2D eigenvalue weighted by Crippen LogP contribution is 2.25. The van der Waals surface area contributed by atoms with Crippen molar-refractivity contribution >= 4 is 11.8 Å². The summed E-state index contributed by atoms with van der Waals surface area (Å²) < 4.78 is 5.08. The topological polar surface area (TPSA) is 51.0 Å². The number of hydrogen-bond donors (Lipinski definition) is 1. The molecule has 1 fully saturated rings. The molecule has 14 heavy (non-hydrogen) atoms. The van der Waals surface area contributed by atoms with Crippen LogP contribution >= 0.6 is 11.8 Å². The second-order valence-electron chi connectivity index (χ2n) is 3.57. The van der Waals surface area contributed by atoms with Gasteiger partial charge in [-0.15, -0.1) is 0 Å². The van der Waals surface area contributed by atoms with E-state index in [1.807, 2.05) is 18.8 Å². The molecule has 0 aromatic carbocycles. The molecular weight excluding hydrogens is 198 g/mol. The molecule has 1 aliphatic rings. The minimum Gasteiger partial charge on any atom is -0.338 e. The molecule has 1 aromatic rings. The third-order valence-corrected chi connectivity index (χ3v) is 3.56. The van der Waals surface area contributed by atoms with Gasteiger partial charge in [-0.1, -0.05) is 5.16 Å².